The van der Waals surface area contributed by atoms with E-state index in [9.17, 15) is 13.6 Å². The minimum Gasteiger partial charge on any atom is -0.366 e. The number of halogens is 2. The maximum Gasteiger partial charge on any atom is 0.249 e. The summed E-state index contributed by atoms with van der Waals surface area (Å²) in [5.74, 6) is -1.86. The van der Waals surface area contributed by atoms with Gasteiger partial charge in [0.1, 0.15) is 11.6 Å². The van der Waals surface area contributed by atoms with Gasteiger partial charge in [0.25, 0.3) is 0 Å². The molecule has 0 aliphatic heterocycles. The Kier molecular flexibility index (Phi) is 2.87. The van der Waals surface area contributed by atoms with Gasteiger partial charge >= 0.3 is 0 Å². The van der Waals surface area contributed by atoms with Gasteiger partial charge in [-0.05, 0) is 23.8 Å². The maximum absolute atomic E-state index is 13.6. The fraction of sp³-hybridized carbons (Fsp3) is 0. The molecule has 0 heterocycles. The third-order valence-corrected chi connectivity index (χ3v) is 2.41. The summed E-state index contributed by atoms with van der Waals surface area (Å²) in [4.78, 5) is 11.2. The van der Waals surface area contributed by atoms with Crippen LogP contribution in [0.1, 0.15) is 10.4 Å². The first-order valence-electron chi connectivity index (χ1n) is 4.94. The lowest BCUT2D eigenvalue weighted by atomic mass is 9.99. The van der Waals surface area contributed by atoms with Crippen molar-refractivity contribution in [1.29, 1.82) is 0 Å². The van der Waals surface area contributed by atoms with E-state index >= 15 is 0 Å². The molecule has 0 radical (unpaired) electrons. The molecule has 2 aromatic rings. The molecule has 2 nitrogen and oxygen atoms in total. The van der Waals surface area contributed by atoms with Crippen molar-refractivity contribution in [3.8, 4) is 11.1 Å². The van der Waals surface area contributed by atoms with Crippen molar-refractivity contribution in [2.75, 3.05) is 0 Å². The van der Waals surface area contributed by atoms with Gasteiger partial charge in [0, 0.05) is 11.1 Å². The predicted molar refractivity (Wildman–Crippen MR) is 60.3 cm³/mol. The van der Waals surface area contributed by atoms with Crippen LogP contribution in [-0.4, -0.2) is 5.91 Å². The van der Waals surface area contributed by atoms with E-state index in [4.69, 9.17) is 5.73 Å². The van der Waals surface area contributed by atoms with E-state index in [2.05, 4.69) is 0 Å². The standard InChI is InChI=1S/C13H9F2NO/c14-8-5-6-9(11(7-8)13(16)17)10-3-1-2-4-12(10)15/h1-7H,(H2,16,17). The highest BCUT2D eigenvalue weighted by Crippen LogP contribution is 2.26. The van der Waals surface area contributed by atoms with Gasteiger partial charge in [-0.15, -0.1) is 0 Å². The van der Waals surface area contributed by atoms with Gasteiger partial charge < -0.3 is 5.73 Å². The van der Waals surface area contributed by atoms with E-state index in [-0.39, 0.29) is 16.7 Å². The molecule has 0 aliphatic rings. The largest absolute Gasteiger partial charge is 0.366 e. The van der Waals surface area contributed by atoms with Crippen molar-refractivity contribution >= 4 is 5.91 Å². The summed E-state index contributed by atoms with van der Waals surface area (Å²) in [5, 5.41) is 0. The van der Waals surface area contributed by atoms with Crippen molar-refractivity contribution in [2.24, 2.45) is 5.73 Å². The van der Waals surface area contributed by atoms with Gasteiger partial charge in [-0.3, -0.25) is 4.79 Å². The Morgan fingerprint density at radius 1 is 1.00 bits per heavy atom. The smallest absolute Gasteiger partial charge is 0.249 e. The molecule has 2 N–H and O–H groups in total. The van der Waals surface area contributed by atoms with Gasteiger partial charge in [-0.25, -0.2) is 8.78 Å². The Labute approximate surface area is 96.7 Å². The monoisotopic (exact) mass is 233 g/mol. The number of hydrogen-bond donors (Lipinski definition) is 1. The number of carbonyl (C=O) groups is 1. The lowest BCUT2D eigenvalue weighted by Gasteiger charge is -2.07. The molecule has 0 aromatic heterocycles. The molecule has 1 amide bonds. The summed E-state index contributed by atoms with van der Waals surface area (Å²) in [7, 11) is 0. The third-order valence-electron chi connectivity index (χ3n) is 2.41. The van der Waals surface area contributed by atoms with E-state index in [1.54, 1.807) is 6.07 Å². The summed E-state index contributed by atoms with van der Waals surface area (Å²) in [6.45, 7) is 0. The van der Waals surface area contributed by atoms with Crippen molar-refractivity contribution < 1.29 is 13.6 Å². The molecule has 0 saturated heterocycles. The molecule has 2 aromatic carbocycles. The second-order valence-electron chi connectivity index (χ2n) is 3.53. The Hall–Kier alpha value is -2.23. The van der Waals surface area contributed by atoms with Crippen molar-refractivity contribution in [2.45, 2.75) is 0 Å². The zero-order chi connectivity index (χ0) is 12.4. The molecule has 0 spiro atoms. The molecule has 0 aliphatic carbocycles. The zero-order valence-corrected chi connectivity index (χ0v) is 8.78. The first-order valence-corrected chi connectivity index (χ1v) is 4.94. The molecule has 0 saturated carbocycles. The predicted octanol–water partition coefficient (Wildman–Crippen LogP) is 2.73. The van der Waals surface area contributed by atoms with Crippen LogP contribution >= 0.6 is 0 Å². The molecule has 0 unspecified atom stereocenters. The highest BCUT2D eigenvalue weighted by molar-refractivity contribution is 5.99. The SMILES string of the molecule is NC(=O)c1cc(F)ccc1-c1ccccc1F. The average molecular weight is 233 g/mol. The van der Waals surface area contributed by atoms with Gasteiger partial charge in [0.2, 0.25) is 5.91 Å². The van der Waals surface area contributed by atoms with E-state index < -0.39 is 17.5 Å². The Bertz CT molecular complexity index is 581. The first-order chi connectivity index (χ1) is 8.09. The quantitative estimate of drug-likeness (QED) is 0.851. The third kappa shape index (κ3) is 2.15. The van der Waals surface area contributed by atoms with Crippen molar-refractivity contribution in [1.82, 2.24) is 0 Å². The second-order valence-corrected chi connectivity index (χ2v) is 3.53. The maximum atomic E-state index is 13.6. The molecule has 0 atom stereocenters. The lowest BCUT2D eigenvalue weighted by Crippen LogP contribution is -2.13. The zero-order valence-electron chi connectivity index (χ0n) is 8.78. The number of benzene rings is 2. The van der Waals surface area contributed by atoms with Crippen LogP contribution in [0.5, 0.6) is 0 Å². The average Bonchev–Trinajstić information content (AvgIpc) is 2.30. The minimum absolute atomic E-state index is 0.0323. The Morgan fingerprint density at radius 2 is 1.71 bits per heavy atom. The number of hydrogen-bond acceptors (Lipinski definition) is 1. The highest BCUT2D eigenvalue weighted by Gasteiger charge is 2.13. The lowest BCUT2D eigenvalue weighted by molar-refractivity contribution is 0.100. The number of primary amides is 1. The van der Waals surface area contributed by atoms with Crippen LogP contribution in [0.3, 0.4) is 0 Å². The number of nitrogens with two attached hydrogens (primary N) is 1. The normalized spacial score (nSPS) is 10.2. The first kappa shape index (κ1) is 11.3. The fourth-order valence-corrected chi connectivity index (χ4v) is 1.63. The summed E-state index contributed by atoms with van der Waals surface area (Å²) in [6.07, 6.45) is 0. The molecule has 86 valence electrons. The van der Waals surface area contributed by atoms with E-state index in [0.717, 1.165) is 12.1 Å². The van der Waals surface area contributed by atoms with Crippen LogP contribution < -0.4 is 5.73 Å². The van der Waals surface area contributed by atoms with Crippen molar-refractivity contribution in [3.05, 3.63) is 59.7 Å². The molecule has 17 heavy (non-hydrogen) atoms. The van der Waals surface area contributed by atoms with Gasteiger partial charge in [0.15, 0.2) is 0 Å². The van der Waals surface area contributed by atoms with Crippen LogP contribution in [0.15, 0.2) is 42.5 Å². The minimum atomic E-state index is -0.789. The molecule has 0 fully saturated rings. The number of carbonyl (C=O) groups excluding carboxylic acids is 1. The summed E-state index contributed by atoms with van der Waals surface area (Å²) < 4.78 is 26.6. The Balaban J connectivity index is 2.68. The summed E-state index contributed by atoms with van der Waals surface area (Å²) >= 11 is 0. The molecule has 2 rings (SSSR count). The van der Waals surface area contributed by atoms with Crippen LogP contribution in [0.2, 0.25) is 0 Å². The number of rotatable bonds is 2. The number of amides is 1. The van der Waals surface area contributed by atoms with Crippen LogP contribution in [0.25, 0.3) is 11.1 Å². The second kappa shape index (κ2) is 4.33. The highest BCUT2D eigenvalue weighted by atomic mass is 19.1. The molecule has 4 heteroatoms. The van der Waals surface area contributed by atoms with Crippen LogP contribution in [-0.2, 0) is 0 Å². The summed E-state index contributed by atoms with van der Waals surface area (Å²) in [6, 6.07) is 9.45. The van der Waals surface area contributed by atoms with E-state index in [1.807, 2.05) is 0 Å². The van der Waals surface area contributed by atoms with Crippen LogP contribution in [0, 0.1) is 11.6 Å². The summed E-state index contributed by atoms with van der Waals surface area (Å²) in [5.41, 5.74) is 5.62. The van der Waals surface area contributed by atoms with Gasteiger partial charge in [0.05, 0.1) is 0 Å². The Morgan fingerprint density at radius 3 is 2.35 bits per heavy atom. The van der Waals surface area contributed by atoms with Gasteiger partial charge in [-0.1, -0.05) is 24.3 Å². The van der Waals surface area contributed by atoms with E-state index in [0.29, 0.717) is 0 Å². The molecular formula is C13H9F2NO. The fourth-order valence-electron chi connectivity index (χ4n) is 1.63. The van der Waals surface area contributed by atoms with Crippen molar-refractivity contribution in [3.63, 3.8) is 0 Å². The molecular weight excluding hydrogens is 224 g/mol. The van der Waals surface area contributed by atoms with E-state index in [1.165, 1.54) is 24.3 Å². The van der Waals surface area contributed by atoms with Gasteiger partial charge in [-0.2, -0.15) is 0 Å². The topological polar surface area (TPSA) is 43.1 Å². The van der Waals surface area contributed by atoms with Crippen LogP contribution in [0.4, 0.5) is 8.78 Å². The molecule has 0 bridgehead atoms.